The molecule has 25 heavy (non-hydrogen) atoms. The second-order valence-corrected chi connectivity index (χ2v) is 7.33. The summed E-state index contributed by atoms with van der Waals surface area (Å²) in [4.78, 5) is 23.9. The number of hydrogen-bond acceptors (Lipinski definition) is 5. The van der Waals surface area contributed by atoms with E-state index in [-0.39, 0.29) is 17.8 Å². The second-order valence-electron chi connectivity index (χ2n) is 6.29. The molecule has 1 atom stereocenters. The smallest absolute Gasteiger partial charge is 0.230 e. The van der Waals surface area contributed by atoms with Crippen LogP contribution in [-0.4, -0.2) is 41.8 Å². The average molecular weight is 360 g/mol. The lowest BCUT2D eigenvalue weighted by Gasteiger charge is -2.25. The fourth-order valence-corrected chi connectivity index (χ4v) is 3.49. The van der Waals surface area contributed by atoms with Crippen LogP contribution in [0.25, 0.3) is 0 Å². The molecule has 1 heterocycles. The number of nitrogens with zero attached hydrogens (tertiary/aromatic N) is 3. The summed E-state index contributed by atoms with van der Waals surface area (Å²) in [7, 11) is 3.85. The van der Waals surface area contributed by atoms with Crippen molar-refractivity contribution < 1.29 is 9.18 Å². The van der Waals surface area contributed by atoms with Gasteiger partial charge in [0.1, 0.15) is 5.82 Å². The maximum Gasteiger partial charge on any atom is 0.230 e. The molecule has 2 aromatic rings. The number of carbonyl (C=O) groups excluding carboxylic acids is 1. The van der Waals surface area contributed by atoms with Crippen LogP contribution in [0.5, 0.6) is 0 Å². The number of fused-ring (bicyclic) bond motifs is 1. The minimum absolute atomic E-state index is 0.00592. The van der Waals surface area contributed by atoms with Gasteiger partial charge < -0.3 is 10.2 Å². The standard InChI is InChI=1S/C18H21FN4OS/c1-23(2)18-20-10-12-9-14(5-8-16(12)22-18)21-17(24)11-25-15-6-3-13(19)4-7-15/h3-4,6-7,10,14H,5,8-9,11H2,1-2H3,(H,21,24). The summed E-state index contributed by atoms with van der Waals surface area (Å²) in [6, 6.07) is 6.29. The van der Waals surface area contributed by atoms with E-state index in [4.69, 9.17) is 0 Å². The van der Waals surface area contributed by atoms with Gasteiger partial charge in [0.05, 0.1) is 5.75 Å². The van der Waals surface area contributed by atoms with E-state index in [0.29, 0.717) is 5.75 Å². The Balaban J connectivity index is 1.52. The third-order valence-electron chi connectivity index (χ3n) is 4.09. The minimum Gasteiger partial charge on any atom is -0.352 e. The summed E-state index contributed by atoms with van der Waals surface area (Å²) in [5, 5.41) is 3.08. The van der Waals surface area contributed by atoms with Crippen molar-refractivity contribution in [1.29, 1.82) is 0 Å². The van der Waals surface area contributed by atoms with Crippen LogP contribution in [0.4, 0.5) is 10.3 Å². The number of nitrogens with one attached hydrogen (secondary N) is 1. The number of rotatable bonds is 5. The Morgan fingerprint density at radius 2 is 2.12 bits per heavy atom. The molecule has 0 aliphatic heterocycles. The number of halogens is 1. The summed E-state index contributed by atoms with van der Waals surface area (Å²) >= 11 is 1.41. The fourth-order valence-electron chi connectivity index (χ4n) is 2.78. The fraction of sp³-hybridized carbons (Fsp3) is 0.389. The monoisotopic (exact) mass is 360 g/mol. The largest absolute Gasteiger partial charge is 0.352 e. The second kappa shape index (κ2) is 7.82. The zero-order chi connectivity index (χ0) is 17.8. The van der Waals surface area contributed by atoms with Crippen LogP contribution < -0.4 is 10.2 Å². The van der Waals surface area contributed by atoms with Gasteiger partial charge in [0.15, 0.2) is 0 Å². The van der Waals surface area contributed by atoms with Crippen molar-refractivity contribution in [2.24, 2.45) is 0 Å². The van der Waals surface area contributed by atoms with Crippen LogP contribution in [0, 0.1) is 5.82 Å². The Morgan fingerprint density at radius 1 is 1.36 bits per heavy atom. The molecule has 1 aliphatic rings. The highest BCUT2D eigenvalue weighted by molar-refractivity contribution is 8.00. The van der Waals surface area contributed by atoms with E-state index in [1.807, 2.05) is 25.2 Å². The number of benzene rings is 1. The molecule has 0 radical (unpaired) electrons. The number of aromatic nitrogens is 2. The molecule has 3 rings (SSSR count). The van der Waals surface area contributed by atoms with E-state index in [0.717, 1.165) is 41.4 Å². The summed E-state index contributed by atoms with van der Waals surface area (Å²) in [5.41, 5.74) is 2.18. The Labute approximate surface area is 151 Å². The van der Waals surface area contributed by atoms with Gasteiger partial charge in [-0.3, -0.25) is 4.79 Å². The molecule has 5 nitrogen and oxygen atoms in total. The molecule has 1 aromatic heterocycles. The maximum absolute atomic E-state index is 12.9. The zero-order valence-corrected chi connectivity index (χ0v) is 15.1. The predicted octanol–water partition coefficient (Wildman–Crippen LogP) is 2.45. The molecule has 0 fully saturated rings. The predicted molar refractivity (Wildman–Crippen MR) is 97.4 cm³/mol. The molecule has 1 aromatic carbocycles. The maximum atomic E-state index is 12.9. The number of carbonyl (C=O) groups is 1. The Bertz CT molecular complexity index is 751. The van der Waals surface area contributed by atoms with Crippen molar-refractivity contribution in [2.75, 3.05) is 24.7 Å². The third kappa shape index (κ3) is 4.69. The lowest BCUT2D eigenvalue weighted by Crippen LogP contribution is -2.40. The van der Waals surface area contributed by atoms with Crippen molar-refractivity contribution in [3.05, 3.63) is 47.5 Å². The summed E-state index contributed by atoms with van der Waals surface area (Å²) < 4.78 is 12.9. The van der Waals surface area contributed by atoms with Crippen LogP contribution in [0.15, 0.2) is 35.4 Å². The highest BCUT2D eigenvalue weighted by atomic mass is 32.2. The molecule has 1 aliphatic carbocycles. The normalized spacial score (nSPS) is 16.2. The van der Waals surface area contributed by atoms with E-state index < -0.39 is 0 Å². The van der Waals surface area contributed by atoms with E-state index in [1.165, 1.54) is 23.9 Å². The van der Waals surface area contributed by atoms with Gasteiger partial charge in [-0.15, -0.1) is 11.8 Å². The molecule has 1 amide bonds. The Morgan fingerprint density at radius 3 is 2.84 bits per heavy atom. The first-order valence-electron chi connectivity index (χ1n) is 8.21. The molecule has 1 unspecified atom stereocenters. The van der Waals surface area contributed by atoms with E-state index in [1.54, 1.807) is 12.1 Å². The van der Waals surface area contributed by atoms with Crippen molar-refractivity contribution >= 4 is 23.6 Å². The first-order chi connectivity index (χ1) is 12.0. The number of anilines is 1. The molecule has 0 saturated heterocycles. The third-order valence-corrected chi connectivity index (χ3v) is 5.10. The highest BCUT2D eigenvalue weighted by Crippen LogP contribution is 2.22. The van der Waals surface area contributed by atoms with Gasteiger partial charge in [-0.05, 0) is 49.1 Å². The molecular formula is C18H21FN4OS. The lowest BCUT2D eigenvalue weighted by atomic mass is 9.93. The Kier molecular flexibility index (Phi) is 5.53. The van der Waals surface area contributed by atoms with Gasteiger partial charge in [0.2, 0.25) is 11.9 Å². The van der Waals surface area contributed by atoms with Crippen LogP contribution in [-0.2, 0) is 17.6 Å². The quantitative estimate of drug-likeness (QED) is 0.830. The number of hydrogen-bond donors (Lipinski definition) is 1. The van der Waals surface area contributed by atoms with Crippen molar-refractivity contribution in [3.8, 4) is 0 Å². The summed E-state index contributed by atoms with van der Waals surface area (Å²) in [6.45, 7) is 0. The van der Waals surface area contributed by atoms with Gasteiger partial charge in [-0.25, -0.2) is 14.4 Å². The van der Waals surface area contributed by atoms with Crippen molar-refractivity contribution in [3.63, 3.8) is 0 Å². The SMILES string of the molecule is CN(C)c1ncc2c(n1)CCC(NC(=O)CSc1ccc(F)cc1)C2. The Hall–Kier alpha value is -2.15. The van der Waals surface area contributed by atoms with E-state index in [2.05, 4.69) is 15.3 Å². The van der Waals surface area contributed by atoms with E-state index in [9.17, 15) is 9.18 Å². The van der Waals surface area contributed by atoms with Gasteiger partial charge in [0.25, 0.3) is 0 Å². The highest BCUT2D eigenvalue weighted by Gasteiger charge is 2.22. The number of amides is 1. The van der Waals surface area contributed by atoms with Crippen LogP contribution in [0.3, 0.4) is 0 Å². The van der Waals surface area contributed by atoms with Crippen molar-refractivity contribution in [1.82, 2.24) is 15.3 Å². The molecule has 132 valence electrons. The van der Waals surface area contributed by atoms with Gasteiger partial charge in [-0.1, -0.05) is 0 Å². The molecule has 7 heteroatoms. The molecular weight excluding hydrogens is 339 g/mol. The topological polar surface area (TPSA) is 58.1 Å². The number of thioether (sulfide) groups is 1. The molecule has 0 spiro atoms. The van der Waals surface area contributed by atoms with E-state index >= 15 is 0 Å². The first-order valence-corrected chi connectivity index (χ1v) is 9.19. The lowest BCUT2D eigenvalue weighted by molar-refractivity contribution is -0.119. The molecule has 1 N–H and O–H groups in total. The van der Waals surface area contributed by atoms with Gasteiger partial charge in [-0.2, -0.15) is 0 Å². The van der Waals surface area contributed by atoms with Crippen LogP contribution in [0.1, 0.15) is 17.7 Å². The molecule has 0 bridgehead atoms. The van der Waals surface area contributed by atoms with Crippen molar-refractivity contribution in [2.45, 2.75) is 30.2 Å². The first kappa shape index (κ1) is 17.7. The zero-order valence-electron chi connectivity index (χ0n) is 14.3. The number of aryl methyl sites for hydroxylation is 1. The van der Waals surface area contributed by atoms with Crippen LogP contribution in [0.2, 0.25) is 0 Å². The molecule has 0 saturated carbocycles. The minimum atomic E-state index is -0.269. The summed E-state index contributed by atoms with van der Waals surface area (Å²) in [5.74, 6) is 0.769. The van der Waals surface area contributed by atoms with Crippen LogP contribution >= 0.6 is 11.8 Å². The summed E-state index contributed by atoms with van der Waals surface area (Å²) in [6.07, 6.45) is 4.35. The van der Waals surface area contributed by atoms with Gasteiger partial charge in [0, 0.05) is 36.9 Å². The average Bonchev–Trinajstić information content (AvgIpc) is 2.60. The van der Waals surface area contributed by atoms with Gasteiger partial charge >= 0.3 is 0 Å².